The lowest BCUT2D eigenvalue weighted by Crippen LogP contribution is -2.57. The van der Waals surface area contributed by atoms with Crippen LogP contribution in [0.2, 0.25) is 0 Å². The third kappa shape index (κ3) is 2.42. The fourth-order valence-electron chi connectivity index (χ4n) is 4.15. The van der Waals surface area contributed by atoms with Gasteiger partial charge >= 0.3 is 0 Å². The number of hydrogen-bond donors (Lipinski definition) is 0. The molecule has 21 heavy (non-hydrogen) atoms. The van der Waals surface area contributed by atoms with Crippen LogP contribution in [-0.4, -0.2) is 14.5 Å². The Hall–Kier alpha value is -0.870. The lowest BCUT2D eigenvalue weighted by atomic mass is 9.45. The van der Waals surface area contributed by atoms with Gasteiger partial charge in [0.15, 0.2) is 0 Å². The van der Waals surface area contributed by atoms with Gasteiger partial charge in [0, 0.05) is 0 Å². The van der Waals surface area contributed by atoms with E-state index in [1.54, 1.807) is 24.3 Å². The van der Waals surface area contributed by atoms with E-state index in [9.17, 15) is 8.42 Å². The quantitative estimate of drug-likeness (QED) is 0.798. The maximum Gasteiger partial charge on any atom is 0.297 e. The Morgan fingerprint density at radius 2 is 1.76 bits per heavy atom. The van der Waals surface area contributed by atoms with Crippen molar-refractivity contribution in [3.63, 3.8) is 0 Å². The van der Waals surface area contributed by atoms with Gasteiger partial charge in [0.1, 0.15) is 0 Å². The summed E-state index contributed by atoms with van der Waals surface area (Å²) in [5.41, 5.74) is 1.38. The monoisotopic (exact) mass is 308 g/mol. The standard InChI is InChI=1S/C17H24O3S/c1-11-5-7-14(8-6-11)21(18,19)20-16-10-13-9-15(12(16)2)17(13,3)4/h5-8,12-13,15-16H,9-10H2,1-4H3/t12-,13+,15-,16?/m0/s1. The van der Waals surface area contributed by atoms with Crippen molar-refractivity contribution in [2.45, 2.75) is 51.5 Å². The van der Waals surface area contributed by atoms with Gasteiger partial charge in [-0.2, -0.15) is 8.42 Å². The summed E-state index contributed by atoms with van der Waals surface area (Å²) in [4.78, 5) is 0.263. The highest BCUT2D eigenvalue weighted by atomic mass is 32.2. The van der Waals surface area contributed by atoms with Crippen LogP contribution in [0.3, 0.4) is 0 Å². The summed E-state index contributed by atoms with van der Waals surface area (Å²) in [6, 6.07) is 6.87. The lowest BCUT2D eigenvalue weighted by molar-refractivity contribution is -0.145. The molecule has 0 N–H and O–H groups in total. The normalized spacial score (nSPS) is 34.3. The SMILES string of the molecule is Cc1ccc(S(=O)(=O)OC2C[C@H]3C[C@@H]([C@@H]2C)C3(C)C)cc1. The average Bonchev–Trinajstić information content (AvgIpc) is 2.40. The second-order valence-corrected chi connectivity index (χ2v) is 8.93. The molecular weight excluding hydrogens is 284 g/mol. The second kappa shape index (κ2) is 4.82. The first-order valence-corrected chi connectivity index (χ1v) is 9.12. The van der Waals surface area contributed by atoms with Crippen LogP contribution in [0.15, 0.2) is 29.2 Å². The van der Waals surface area contributed by atoms with E-state index in [2.05, 4.69) is 20.8 Å². The van der Waals surface area contributed by atoms with Crippen LogP contribution in [0.25, 0.3) is 0 Å². The zero-order valence-electron chi connectivity index (χ0n) is 13.2. The zero-order chi connectivity index (χ0) is 15.4. The number of benzene rings is 1. The van der Waals surface area contributed by atoms with E-state index in [-0.39, 0.29) is 11.0 Å². The van der Waals surface area contributed by atoms with E-state index in [4.69, 9.17) is 4.18 Å². The van der Waals surface area contributed by atoms with Crippen molar-refractivity contribution < 1.29 is 12.6 Å². The molecule has 4 atom stereocenters. The molecule has 116 valence electrons. The summed E-state index contributed by atoms with van der Waals surface area (Å²) in [6.07, 6.45) is 1.90. The molecule has 2 bridgehead atoms. The number of hydrogen-bond acceptors (Lipinski definition) is 3. The molecule has 3 saturated carbocycles. The van der Waals surface area contributed by atoms with Crippen LogP contribution in [0.4, 0.5) is 0 Å². The molecule has 3 aliphatic rings. The van der Waals surface area contributed by atoms with Gasteiger partial charge in [0.05, 0.1) is 11.0 Å². The molecule has 0 spiro atoms. The Labute approximate surface area is 127 Å². The Balaban J connectivity index is 1.77. The summed E-state index contributed by atoms with van der Waals surface area (Å²) in [5.74, 6) is 1.47. The molecule has 1 aromatic carbocycles. The molecule has 0 aromatic heterocycles. The molecule has 0 radical (unpaired) electrons. The Morgan fingerprint density at radius 1 is 1.14 bits per heavy atom. The molecule has 0 amide bonds. The van der Waals surface area contributed by atoms with E-state index in [0.717, 1.165) is 12.0 Å². The third-order valence-electron chi connectivity index (χ3n) is 5.84. The molecule has 4 rings (SSSR count). The largest absolute Gasteiger partial charge is 0.297 e. The highest BCUT2D eigenvalue weighted by Crippen LogP contribution is 2.61. The molecule has 3 fully saturated rings. The van der Waals surface area contributed by atoms with E-state index < -0.39 is 10.1 Å². The average molecular weight is 308 g/mol. The van der Waals surface area contributed by atoms with Crippen LogP contribution in [0.1, 0.15) is 39.2 Å². The van der Waals surface area contributed by atoms with E-state index in [1.807, 2.05) is 6.92 Å². The molecule has 4 heteroatoms. The highest BCUT2D eigenvalue weighted by molar-refractivity contribution is 7.86. The molecule has 0 saturated heterocycles. The summed E-state index contributed by atoms with van der Waals surface area (Å²) in [5, 5.41) is 0. The van der Waals surface area contributed by atoms with E-state index in [0.29, 0.717) is 23.2 Å². The fourth-order valence-corrected chi connectivity index (χ4v) is 5.31. The Bertz CT molecular complexity index is 631. The van der Waals surface area contributed by atoms with Crippen LogP contribution >= 0.6 is 0 Å². The summed E-state index contributed by atoms with van der Waals surface area (Å²) >= 11 is 0. The van der Waals surface area contributed by atoms with Gasteiger partial charge in [-0.05, 0) is 55.1 Å². The molecular formula is C17H24O3S. The highest BCUT2D eigenvalue weighted by Gasteiger charge is 2.57. The number of aryl methyl sites for hydroxylation is 1. The molecule has 1 unspecified atom stereocenters. The molecule has 0 aliphatic heterocycles. The molecule has 1 aromatic rings. The van der Waals surface area contributed by atoms with Crippen molar-refractivity contribution in [1.29, 1.82) is 0 Å². The Morgan fingerprint density at radius 3 is 2.29 bits per heavy atom. The van der Waals surface area contributed by atoms with Crippen LogP contribution in [0, 0.1) is 30.1 Å². The topological polar surface area (TPSA) is 43.4 Å². The lowest BCUT2D eigenvalue weighted by Gasteiger charge is -2.61. The van der Waals surface area contributed by atoms with E-state index in [1.165, 1.54) is 6.42 Å². The van der Waals surface area contributed by atoms with E-state index >= 15 is 0 Å². The minimum absolute atomic E-state index is 0.173. The van der Waals surface area contributed by atoms with Crippen molar-refractivity contribution in [3.05, 3.63) is 29.8 Å². The maximum absolute atomic E-state index is 12.4. The van der Waals surface area contributed by atoms with Crippen molar-refractivity contribution in [3.8, 4) is 0 Å². The smallest absolute Gasteiger partial charge is 0.263 e. The van der Waals surface area contributed by atoms with Crippen LogP contribution in [-0.2, 0) is 14.3 Å². The number of fused-ring (bicyclic) bond motifs is 2. The molecule has 3 aliphatic carbocycles. The second-order valence-electron chi connectivity index (χ2n) is 7.36. The predicted molar refractivity (Wildman–Crippen MR) is 82.4 cm³/mol. The first-order valence-electron chi connectivity index (χ1n) is 7.72. The fraction of sp³-hybridized carbons (Fsp3) is 0.647. The van der Waals surface area contributed by atoms with Gasteiger partial charge in [-0.15, -0.1) is 0 Å². The number of rotatable bonds is 3. The van der Waals surface area contributed by atoms with Gasteiger partial charge in [-0.1, -0.05) is 38.5 Å². The van der Waals surface area contributed by atoms with Crippen molar-refractivity contribution >= 4 is 10.1 Å². The maximum atomic E-state index is 12.4. The summed E-state index contributed by atoms with van der Waals surface area (Å²) < 4.78 is 30.4. The van der Waals surface area contributed by atoms with Gasteiger partial charge in [0.2, 0.25) is 0 Å². The molecule has 0 heterocycles. The first kappa shape index (κ1) is 15.0. The minimum atomic E-state index is -3.65. The van der Waals surface area contributed by atoms with Gasteiger partial charge in [0.25, 0.3) is 10.1 Å². The van der Waals surface area contributed by atoms with Crippen molar-refractivity contribution in [1.82, 2.24) is 0 Å². The minimum Gasteiger partial charge on any atom is -0.263 e. The zero-order valence-corrected chi connectivity index (χ0v) is 14.0. The third-order valence-corrected chi connectivity index (χ3v) is 7.19. The van der Waals surface area contributed by atoms with Gasteiger partial charge in [-0.25, -0.2) is 0 Å². The van der Waals surface area contributed by atoms with Crippen molar-refractivity contribution in [2.75, 3.05) is 0 Å². The predicted octanol–water partition coefficient (Wildman–Crippen LogP) is 3.77. The molecule has 3 nitrogen and oxygen atoms in total. The first-order chi connectivity index (χ1) is 9.72. The van der Waals surface area contributed by atoms with Crippen LogP contribution < -0.4 is 0 Å². The van der Waals surface area contributed by atoms with Crippen molar-refractivity contribution in [2.24, 2.45) is 23.2 Å². The van der Waals surface area contributed by atoms with Crippen LogP contribution in [0.5, 0.6) is 0 Å². The van der Waals surface area contributed by atoms with Gasteiger partial charge in [-0.3, -0.25) is 4.18 Å². The summed E-state index contributed by atoms with van der Waals surface area (Å²) in [6.45, 7) is 8.67. The van der Waals surface area contributed by atoms with Gasteiger partial charge < -0.3 is 0 Å². The Kier molecular flexibility index (Phi) is 3.45. The summed E-state index contributed by atoms with van der Waals surface area (Å²) in [7, 11) is -3.65.